The van der Waals surface area contributed by atoms with Crippen molar-refractivity contribution in [1.82, 2.24) is 24.5 Å². The molecule has 0 saturated carbocycles. The zero-order valence-corrected chi connectivity index (χ0v) is 26.8. The van der Waals surface area contributed by atoms with Crippen molar-refractivity contribution in [2.45, 2.75) is 64.0 Å². The van der Waals surface area contributed by atoms with Crippen LogP contribution < -0.4 is 14.6 Å². The maximum atomic E-state index is 13.5. The predicted octanol–water partition coefficient (Wildman–Crippen LogP) is 4.25. The third kappa shape index (κ3) is 8.11. The average Bonchev–Trinajstić information content (AvgIpc) is 3.34. The zero-order chi connectivity index (χ0) is 34.3. The van der Waals surface area contributed by atoms with Gasteiger partial charge in [0.25, 0.3) is 16.3 Å². The lowest BCUT2D eigenvalue weighted by atomic mass is 10.1. The number of nitrogens with zero attached hydrogens (tertiary/aromatic N) is 5. The van der Waals surface area contributed by atoms with E-state index in [9.17, 15) is 31.2 Å². The smallest absolute Gasteiger partial charge is 0.428 e. The van der Waals surface area contributed by atoms with Gasteiger partial charge in [-0.1, -0.05) is 29.8 Å². The Hall–Kier alpha value is -4.87. The maximum Gasteiger partial charge on any atom is 0.511 e. The summed E-state index contributed by atoms with van der Waals surface area (Å²) in [5, 5.41) is 6.24. The lowest BCUT2D eigenvalue weighted by Crippen LogP contribution is -2.38. The fourth-order valence-electron chi connectivity index (χ4n) is 4.62. The van der Waals surface area contributed by atoms with Crippen molar-refractivity contribution in [1.29, 1.82) is 0 Å². The van der Waals surface area contributed by atoms with Gasteiger partial charge in [-0.2, -0.15) is 22.9 Å². The molecule has 2 aromatic carbocycles. The van der Waals surface area contributed by atoms with Crippen LogP contribution in [0.4, 0.5) is 18.0 Å². The minimum absolute atomic E-state index is 0.0874. The van der Waals surface area contributed by atoms with Crippen LogP contribution in [0.15, 0.2) is 64.1 Å². The summed E-state index contributed by atoms with van der Waals surface area (Å²) in [4.78, 5) is 30.9. The highest BCUT2D eigenvalue weighted by Gasteiger charge is 2.37. The number of aryl methyl sites for hydroxylation is 1. The third-order valence-corrected chi connectivity index (χ3v) is 8.26. The number of sulfonamides is 1. The second kappa shape index (κ2) is 12.4. The lowest BCUT2D eigenvalue weighted by Gasteiger charge is -2.20. The van der Waals surface area contributed by atoms with Crippen LogP contribution in [0.2, 0.25) is 0 Å². The molecule has 2 aromatic heterocycles. The Morgan fingerprint density at radius 3 is 2.34 bits per heavy atom. The summed E-state index contributed by atoms with van der Waals surface area (Å²) in [5.74, 6) is -1.48. The van der Waals surface area contributed by atoms with E-state index >= 15 is 0 Å². The monoisotopic (exact) mass is 682 g/mol. The quantitative estimate of drug-likeness (QED) is 0.200. The van der Waals surface area contributed by atoms with Crippen LogP contribution in [-0.4, -0.2) is 65.2 Å². The van der Waals surface area contributed by atoms with Crippen LogP contribution in [0.5, 0.6) is 0 Å². The molecule has 2 unspecified atom stereocenters. The summed E-state index contributed by atoms with van der Waals surface area (Å²) in [6, 6.07) is 12.7. The summed E-state index contributed by atoms with van der Waals surface area (Å²) < 4.78 is 85.1. The van der Waals surface area contributed by atoms with Gasteiger partial charge in [-0.15, -0.1) is 0 Å². The molecule has 1 N–H and O–H groups in total. The molecule has 1 aliphatic rings. The van der Waals surface area contributed by atoms with E-state index in [4.69, 9.17) is 18.9 Å². The summed E-state index contributed by atoms with van der Waals surface area (Å²) in [6.07, 6.45) is -6.41. The molecule has 14 nitrogen and oxygen atoms in total. The van der Waals surface area contributed by atoms with E-state index in [0.29, 0.717) is 18.5 Å². The first-order valence-corrected chi connectivity index (χ1v) is 15.9. The molecular weight excluding hydrogens is 649 g/mol. The van der Waals surface area contributed by atoms with Gasteiger partial charge in [-0.25, -0.2) is 22.6 Å². The van der Waals surface area contributed by atoms with Gasteiger partial charge in [0.2, 0.25) is 5.91 Å². The summed E-state index contributed by atoms with van der Waals surface area (Å²) in [5.41, 5.74) is -0.102. The van der Waals surface area contributed by atoms with E-state index in [-0.39, 0.29) is 22.8 Å². The van der Waals surface area contributed by atoms with Crippen molar-refractivity contribution in [3.8, 4) is 16.9 Å². The van der Waals surface area contributed by atoms with E-state index in [1.165, 1.54) is 36.2 Å². The first kappa shape index (κ1) is 33.5. The number of aromatic nitrogens is 4. The molecule has 1 amide bonds. The van der Waals surface area contributed by atoms with Crippen molar-refractivity contribution in [3.63, 3.8) is 0 Å². The number of benzene rings is 2. The second-order valence-corrected chi connectivity index (χ2v) is 13.6. The number of nitrogens with one attached hydrogen (secondary N) is 1. The predicted molar refractivity (Wildman–Crippen MR) is 158 cm³/mol. The number of ether oxygens (including phenoxy) is 2. The SMILES string of the molecule is Cc1ccc(-c2cc(C(F)(F)F)nn2-c2ccc(S(=O)(=O)NC(=O)C3CCN(n4on4OC(C)OC(=O)OC(C)(C)C)C3)cc2)cc1. The van der Waals surface area contributed by atoms with Gasteiger partial charge in [-0.05, 0) is 64.4 Å². The van der Waals surface area contributed by atoms with Crippen molar-refractivity contribution in [2.75, 3.05) is 18.1 Å². The molecule has 0 spiro atoms. The van der Waals surface area contributed by atoms with Crippen LogP contribution in [0.25, 0.3) is 16.9 Å². The Kier molecular flexibility index (Phi) is 8.83. The summed E-state index contributed by atoms with van der Waals surface area (Å²) in [7, 11) is -4.32. The average molecular weight is 683 g/mol. The number of rotatable bonds is 9. The number of halogens is 3. The van der Waals surface area contributed by atoms with Gasteiger partial charge in [0, 0.05) is 24.0 Å². The zero-order valence-electron chi connectivity index (χ0n) is 26.0. The minimum atomic E-state index is -4.70. The standard InChI is InChI=1S/C29H33F3N6O8S/c1-18-6-8-20(9-7-18)24-16-25(29(30,31)32)33-36(24)22-10-12-23(13-11-22)47(41,42)34-26(39)21-14-15-35(17-21)37-38(46-37)45-19(2)43-27(40)44-28(3,4)5/h6-13,16,19,21H,14-15,17H2,1-5H3,(H,34,39). The molecule has 1 saturated heterocycles. The molecule has 18 heteroatoms. The van der Waals surface area contributed by atoms with Gasteiger partial charge in [-0.3, -0.25) is 9.80 Å². The second-order valence-electron chi connectivity index (χ2n) is 11.9. The largest absolute Gasteiger partial charge is 0.511 e. The van der Waals surface area contributed by atoms with Crippen LogP contribution in [0.3, 0.4) is 0 Å². The molecular formula is C29H33F3N6O8S. The van der Waals surface area contributed by atoms with Crippen molar-refractivity contribution in [2.24, 2.45) is 5.92 Å². The van der Waals surface area contributed by atoms with E-state index in [0.717, 1.165) is 21.3 Å². The lowest BCUT2D eigenvalue weighted by molar-refractivity contribution is -0.142. The minimum Gasteiger partial charge on any atom is -0.428 e. The van der Waals surface area contributed by atoms with E-state index in [2.05, 4.69) is 9.82 Å². The van der Waals surface area contributed by atoms with Gasteiger partial charge in [0.1, 0.15) is 10.6 Å². The summed E-state index contributed by atoms with van der Waals surface area (Å²) in [6.45, 7) is 8.74. The number of carbonyl (C=O) groups is 2. The number of hydrogen-bond acceptors (Lipinski definition) is 10. The Morgan fingerprint density at radius 2 is 1.72 bits per heavy atom. The highest BCUT2D eigenvalue weighted by atomic mass is 32.2. The van der Waals surface area contributed by atoms with Gasteiger partial charge < -0.3 is 14.3 Å². The Morgan fingerprint density at radius 1 is 1.06 bits per heavy atom. The molecule has 0 radical (unpaired) electrons. The highest BCUT2D eigenvalue weighted by molar-refractivity contribution is 7.90. The number of carbonyl (C=O) groups excluding carboxylic acids is 2. The number of amides is 1. The molecule has 0 aliphatic carbocycles. The topological polar surface area (TPSA) is 152 Å². The normalized spacial score (nSPS) is 16.3. The van der Waals surface area contributed by atoms with Crippen LogP contribution in [-0.2, 0) is 30.5 Å². The maximum absolute atomic E-state index is 13.5. The summed E-state index contributed by atoms with van der Waals surface area (Å²) >= 11 is 0. The number of hydrogen-bond donors (Lipinski definition) is 1. The van der Waals surface area contributed by atoms with E-state index in [1.54, 1.807) is 50.0 Å². The fraction of sp³-hybridized carbons (Fsp3) is 0.414. The van der Waals surface area contributed by atoms with Crippen molar-refractivity contribution >= 4 is 22.1 Å². The molecule has 4 aromatic rings. The molecule has 3 heterocycles. The van der Waals surface area contributed by atoms with E-state index < -0.39 is 51.8 Å². The van der Waals surface area contributed by atoms with Gasteiger partial charge >= 0.3 is 12.3 Å². The Balaban J connectivity index is 1.21. The fourth-order valence-corrected chi connectivity index (χ4v) is 5.66. The van der Waals surface area contributed by atoms with Gasteiger partial charge in [0.05, 0.1) is 28.7 Å². The molecule has 1 fully saturated rings. The van der Waals surface area contributed by atoms with Crippen LogP contribution in [0.1, 0.15) is 45.4 Å². The van der Waals surface area contributed by atoms with Crippen LogP contribution >= 0.6 is 0 Å². The Bertz CT molecular complexity index is 1830. The molecule has 5 rings (SSSR count). The van der Waals surface area contributed by atoms with Gasteiger partial charge in [0.15, 0.2) is 5.69 Å². The van der Waals surface area contributed by atoms with Crippen LogP contribution in [0, 0.1) is 12.8 Å². The molecule has 47 heavy (non-hydrogen) atoms. The highest BCUT2D eigenvalue weighted by Crippen LogP contribution is 2.33. The Labute approximate surface area is 267 Å². The van der Waals surface area contributed by atoms with E-state index in [1.807, 2.05) is 6.92 Å². The number of alkyl halides is 3. The third-order valence-electron chi connectivity index (χ3n) is 6.90. The molecule has 254 valence electrons. The first-order valence-electron chi connectivity index (χ1n) is 14.4. The molecule has 0 bridgehead atoms. The van der Waals surface area contributed by atoms with Crippen molar-refractivity contribution < 1.29 is 50.1 Å². The molecule has 1 aliphatic heterocycles. The molecule has 2 atom stereocenters. The first-order chi connectivity index (χ1) is 21.9. The van der Waals surface area contributed by atoms with Crippen molar-refractivity contribution in [3.05, 3.63) is 65.9 Å².